The lowest BCUT2D eigenvalue weighted by Crippen LogP contribution is -2.29. The molecule has 0 saturated heterocycles. The maximum atomic E-state index is 13.3. The average Bonchev–Trinajstić information content (AvgIpc) is 3.21. The smallest absolute Gasteiger partial charge is 0.264 e. The molecule has 0 aliphatic carbocycles. The number of carbonyl (C=O) groups is 1. The number of hydrogen-bond acceptors (Lipinski definition) is 4. The molecule has 1 aliphatic rings. The molecule has 1 aliphatic heterocycles. The number of nitrogens with zero attached hydrogens (tertiary/aromatic N) is 1. The highest BCUT2D eigenvalue weighted by Gasteiger charge is 2.31. The van der Waals surface area contributed by atoms with E-state index in [-0.39, 0.29) is 16.2 Å². The molecule has 0 fully saturated rings. The van der Waals surface area contributed by atoms with Gasteiger partial charge in [-0.15, -0.1) is 0 Å². The third-order valence-electron chi connectivity index (χ3n) is 5.02. The Labute approximate surface area is 190 Å². The molecule has 3 aromatic rings. The Morgan fingerprint density at radius 1 is 1.06 bits per heavy atom. The number of halogens is 2. The maximum Gasteiger partial charge on any atom is 0.264 e. The summed E-state index contributed by atoms with van der Waals surface area (Å²) in [6.45, 7) is 0.341. The molecule has 1 heterocycles. The molecule has 0 radical (unpaired) electrons. The number of benzene rings is 3. The molecular formula is C22H18Cl2N2O4S. The number of sulfonamides is 1. The van der Waals surface area contributed by atoms with Crippen molar-refractivity contribution in [3.63, 3.8) is 0 Å². The second-order valence-electron chi connectivity index (χ2n) is 6.90. The molecule has 0 aromatic heterocycles. The first kappa shape index (κ1) is 21.5. The van der Waals surface area contributed by atoms with Crippen LogP contribution in [0.2, 0.25) is 10.0 Å². The molecule has 1 amide bonds. The van der Waals surface area contributed by atoms with Gasteiger partial charge in [0.1, 0.15) is 5.75 Å². The van der Waals surface area contributed by atoms with Crippen molar-refractivity contribution in [1.82, 2.24) is 0 Å². The summed E-state index contributed by atoms with van der Waals surface area (Å²) in [4.78, 5) is 12.9. The van der Waals surface area contributed by atoms with E-state index in [1.54, 1.807) is 24.3 Å². The number of ether oxygens (including phenoxy) is 1. The summed E-state index contributed by atoms with van der Waals surface area (Å²) >= 11 is 12.1. The average molecular weight is 477 g/mol. The lowest BCUT2D eigenvalue weighted by atomic mass is 10.2. The highest BCUT2D eigenvalue weighted by molar-refractivity contribution is 7.92. The Morgan fingerprint density at radius 2 is 1.84 bits per heavy atom. The van der Waals surface area contributed by atoms with Gasteiger partial charge in [0, 0.05) is 11.6 Å². The van der Waals surface area contributed by atoms with Crippen molar-refractivity contribution in [2.75, 3.05) is 23.3 Å². The summed E-state index contributed by atoms with van der Waals surface area (Å²) in [5, 5.41) is 3.36. The normalized spacial score (nSPS) is 13.1. The Hall–Kier alpha value is -2.74. The quantitative estimate of drug-likeness (QED) is 0.561. The van der Waals surface area contributed by atoms with Gasteiger partial charge in [-0.1, -0.05) is 41.4 Å². The van der Waals surface area contributed by atoms with Crippen LogP contribution in [0.1, 0.15) is 15.9 Å². The van der Waals surface area contributed by atoms with Crippen LogP contribution in [0.4, 0.5) is 11.4 Å². The van der Waals surface area contributed by atoms with Crippen LogP contribution in [0.5, 0.6) is 5.75 Å². The van der Waals surface area contributed by atoms with Gasteiger partial charge < -0.3 is 10.1 Å². The summed E-state index contributed by atoms with van der Waals surface area (Å²) < 4.78 is 33.3. The summed E-state index contributed by atoms with van der Waals surface area (Å²) in [6, 6.07) is 16.2. The third-order valence-corrected chi connectivity index (χ3v) is 7.40. The van der Waals surface area contributed by atoms with Gasteiger partial charge in [0.2, 0.25) is 0 Å². The first-order chi connectivity index (χ1) is 14.8. The number of methoxy groups -OCH3 is 1. The Kier molecular flexibility index (Phi) is 5.83. The van der Waals surface area contributed by atoms with Crippen LogP contribution in [0.3, 0.4) is 0 Å². The number of nitrogens with one attached hydrogen (secondary N) is 1. The van der Waals surface area contributed by atoms with Gasteiger partial charge in [-0.25, -0.2) is 8.42 Å². The third kappa shape index (κ3) is 4.08. The Morgan fingerprint density at radius 3 is 2.61 bits per heavy atom. The number of fused-ring (bicyclic) bond motifs is 1. The minimum Gasteiger partial charge on any atom is -0.496 e. The van der Waals surface area contributed by atoms with Gasteiger partial charge in [0.25, 0.3) is 15.9 Å². The van der Waals surface area contributed by atoms with Gasteiger partial charge >= 0.3 is 0 Å². The van der Waals surface area contributed by atoms with Crippen LogP contribution >= 0.6 is 23.2 Å². The number of carbonyl (C=O) groups excluding carboxylic acids is 1. The second kappa shape index (κ2) is 8.42. The molecule has 0 spiro atoms. The Balaban J connectivity index is 1.71. The van der Waals surface area contributed by atoms with E-state index in [1.807, 2.05) is 12.1 Å². The van der Waals surface area contributed by atoms with Crippen molar-refractivity contribution in [3.05, 3.63) is 81.8 Å². The second-order valence-corrected chi connectivity index (χ2v) is 9.60. The molecule has 6 nitrogen and oxygen atoms in total. The summed E-state index contributed by atoms with van der Waals surface area (Å²) in [5.74, 6) is -0.337. The van der Waals surface area contributed by atoms with E-state index < -0.39 is 15.9 Å². The fourth-order valence-electron chi connectivity index (χ4n) is 3.49. The van der Waals surface area contributed by atoms with Gasteiger partial charge in [-0.05, 0) is 54.4 Å². The number of para-hydroxylation sites is 1. The van der Waals surface area contributed by atoms with Crippen molar-refractivity contribution in [1.29, 1.82) is 0 Å². The van der Waals surface area contributed by atoms with Crippen LogP contribution in [-0.4, -0.2) is 28.0 Å². The highest BCUT2D eigenvalue weighted by atomic mass is 35.5. The zero-order valence-electron chi connectivity index (χ0n) is 16.4. The van der Waals surface area contributed by atoms with Gasteiger partial charge in [-0.2, -0.15) is 0 Å². The number of hydrogen-bond donors (Lipinski definition) is 1. The van der Waals surface area contributed by atoms with Crippen molar-refractivity contribution in [3.8, 4) is 5.75 Å². The standard InChI is InChI=1S/C22H18Cl2N2O4S/c1-30-21-9-7-16(31(28,29)26-11-10-14-4-2-3-5-20(14)26)13-17(21)22(27)25-19-12-15(23)6-8-18(19)24/h2-9,12-13H,10-11H2,1H3,(H,25,27). The predicted molar refractivity (Wildman–Crippen MR) is 122 cm³/mol. The SMILES string of the molecule is COc1ccc(S(=O)(=O)N2CCc3ccccc32)cc1C(=O)Nc1cc(Cl)ccc1Cl. The maximum absolute atomic E-state index is 13.3. The largest absolute Gasteiger partial charge is 0.496 e. The number of anilines is 2. The molecule has 0 saturated carbocycles. The summed E-state index contributed by atoms with van der Waals surface area (Å²) in [5.41, 5.74) is 1.98. The van der Waals surface area contributed by atoms with Crippen LogP contribution in [0, 0.1) is 0 Å². The van der Waals surface area contributed by atoms with E-state index >= 15 is 0 Å². The van der Waals surface area contributed by atoms with Crippen LogP contribution in [0.25, 0.3) is 0 Å². The first-order valence-corrected chi connectivity index (χ1v) is 11.6. The number of amides is 1. The minimum absolute atomic E-state index is 0.00709. The van der Waals surface area contributed by atoms with Crippen molar-refractivity contribution in [2.45, 2.75) is 11.3 Å². The highest BCUT2D eigenvalue weighted by Crippen LogP contribution is 2.34. The predicted octanol–water partition coefficient (Wildman–Crippen LogP) is 5.01. The lowest BCUT2D eigenvalue weighted by molar-refractivity contribution is 0.102. The van der Waals surface area contributed by atoms with Crippen molar-refractivity contribution >= 4 is 50.5 Å². The molecule has 0 bridgehead atoms. The molecule has 4 rings (SSSR count). The van der Waals surface area contributed by atoms with Crippen molar-refractivity contribution < 1.29 is 17.9 Å². The molecule has 0 unspecified atom stereocenters. The topological polar surface area (TPSA) is 75.7 Å². The number of rotatable bonds is 5. The van der Waals surface area contributed by atoms with Crippen LogP contribution in [-0.2, 0) is 16.4 Å². The fourth-order valence-corrected chi connectivity index (χ4v) is 5.36. The van der Waals surface area contributed by atoms with Gasteiger partial charge in [-0.3, -0.25) is 9.10 Å². The van der Waals surface area contributed by atoms with Gasteiger partial charge in [0.15, 0.2) is 0 Å². The van der Waals surface area contributed by atoms with Crippen molar-refractivity contribution in [2.24, 2.45) is 0 Å². The molecule has 1 N–H and O–H groups in total. The summed E-state index contributed by atoms with van der Waals surface area (Å²) in [7, 11) is -2.46. The first-order valence-electron chi connectivity index (χ1n) is 9.36. The Bertz CT molecular complexity index is 1280. The van der Waals surface area contributed by atoms with E-state index in [9.17, 15) is 13.2 Å². The molecular weight excluding hydrogens is 459 g/mol. The van der Waals surface area contributed by atoms with Gasteiger partial charge in [0.05, 0.1) is 34.0 Å². The van der Waals surface area contributed by atoms with Crippen LogP contribution < -0.4 is 14.4 Å². The summed E-state index contributed by atoms with van der Waals surface area (Å²) in [6.07, 6.45) is 0.631. The van der Waals surface area contributed by atoms with E-state index in [0.29, 0.717) is 34.4 Å². The zero-order valence-corrected chi connectivity index (χ0v) is 18.8. The van der Waals surface area contributed by atoms with E-state index in [4.69, 9.17) is 27.9 Å². The molecule has 3 aromatic carbocycles. The zero-order chi connectivity index (χ0) is 22.2. The fraction of sp³-hybridized carbons (Fsp3) is 0.136. The molecule has 9 heteroatoms. The molecule has 0 atom stereocenters. The van der Waals surface area contributed by atoms with E-state index in [1.165, 1.54) is 35.7 Å². The molecule has 160 valence electrons. The minimum atomic E-state index is -3.87. The molecule has 31 heavy (non-hydrogen) atoms. The van der Waals surface area contributed by atoms with Crippen LogP contribution in [0.15, 0.2) is 65.6 Å². The van der Waals surface area contributed by atoms with E-state index in [2.05, 4.69) is 5.32 Å². The monoisotopic (exact) mass is 476 g/mol. The van der Waals surface area contributed by atoms with E-state index in [0.717, 1.165) is 5.56 Å². The lowest BCUT2D eigenvalue weighted by Gasteiger charge is -2.20.